The molecule has 1 heterocycles. The number of allylic oxidation sites excluding steroid dienone is 3. The molecular formula is C23H24N2O5. The van der Waals surface area contributed by atoms with Gasteiger partial charge in [-0.2, -0.15) is 9.97 Å². The Kier molecular flexibility index (Phi) is 6.87. The Balaban J connectivity index is 1.83. The lowest BCUT2D eigenvalue weighted by atomic mass is 10.0. The van der Waals surface area contributed by atoms with E-state index in [9.17, 15) is 10.2 Å². The predicted octanol–water partition coefficient (Wildman–Crippen LogP) is 3.60. The number of aliphatic hydroxyl groups excluding tert-OH is 1. The van der Waals surface area contributed by atoms with Crippen LogP contribution >= 0.6 is 0 Å². The molecule has 7 heteroatoms. The Labute approximate surface area is 175 Å². The minimum Gasteiger partial charge on any atom is -0.504 e. The monoisotopic (exact) mass is 408 g/mol. The van der Waals surface area contributed by atoms with E-state index in [1.165, 1.54) is 14.2 Å². The highest BCUT2D eigenvalue weighted by atomic mass is 16.5. The lowest BCUT2D eigenvalue weighted by Crippen LogP contribution is -2.13. The van der Waals surface area contributed by atoms with Crippen molar-refractivity contribution in [3.05, 3.63) is 70.8 Å². The van der Waals surface area contributed by atoms with E-state index >= 15 is 0 Å². The lowest BCUT2D eigenvalue weighted by molar-refractivity contribution is 0.128. The van der Waals surface area contributed by atoms with Gasteiger partial charge in [0.25, 0.3) is 0 Å². The van der Waals surface area contributed by atoms with Crippen molar-refractivity contribution in [1.82, 2.24) is 9.97 Å². The van der Waals surface area contributed by atoms with E-state index < -0.39 is 6.10 Å². The second kappa shape index (κ2) is 9.76. The SMILES string of the molecule is COC1=CC(C=Cc2cc(C=Cc3ccc(O)c(OC)c3)nc(OC)n2)=CCC1O. The van der Waals surface area contributed by atoms with Crippen LogP contribution in [0.25, 0.3) is 18.2 Å². The number of hydrogen-bond donors (Lipinski definition) is 2. The number of aromatic hydroxyl groups is 1. The maximum Gasteiger partial charge on any atom is 0.317 e. The van der Waals surface area contributed by atoms with E-state index in [4.69, 9.17) is 14.2 Å². The number of nitrogens with zero attached hydrogens (tertiary/aromatic N) is 2. The molecule has 0 bridgehead atoms. The first-order valence-corrected chi connectivity index (χ1v) is 9.32. The Morgan fingerprint density at radius 1 is 0.933 bits per heavy atom. The second-order valence-corrected chi connectivity index (χ2v) is 6.51. The number of aromatic nitrogens is 2. The van der Waals surface area contributed by atoms with Gasteiger partial charge in [-0.1, -0.05) is 24.3 Å². The summed E-state index contributed by atoms with van der Waals surface area (Å²) in [5.74, 6) is 1.02. The number of benzene rings is 1. The van der Waals surface area contributed by atoms with Crippen molar-refractivity contribution in [1.29, 1.82) is 0 Å². The van der Waals surface area contributed by atoms with E-state index in [0.717, 1.165) is 11.1 Å². The molecule has 3 rings (SSSR count). The van der Waals surface area contributed by atoms with Gasteiger partial charge in [0.2, 0.25) is 0 Å². The van der Waals surface area contributed by atoms with Gasteiger partial charge in [-0.05, 0) is 54.0 Å². The van der Waals surface area contributed by atoms with Gasteiger partial charge in [0.05, 0.1) is 32.7 Å². The number of methoxy groups -OCH3 is 3. The molecule has 156 valence electrons. The van der Waals surface area contributed by atoms with Crippen LogP contribution in [-0.4, -0.2) is 47.6 Å². The van der Waals surface area contributed by atoms with Crippen LogP contribution in [0.1, 0.15) is 23.4 Å². The molecule has 0 saturated heterocycles. The van der Waals surface area contributed by atoms with Gasteiger partial charge in [-0.3, -0.25) is 0 Å². The molecule has 1 aliphatic rings. The molecule has 0 aliphatic heterocycles. The lowest BCUT2D eigenvalue weighted by Gasteiger charge is -2.16. The molecule has 7 nitrogen and oxygen atoms in total. The Morgan fingerprint density at radius 3 is 2.33 bits per heavy atom. The number of hydrogen-bond acceptors (Lipinski definition) is 7. The summed E-state index contributed by atoms with van der Waals surface area (Å²) in [5, 5.41) is 19.6. The first kappa shape index (κ1) is 21.1. The number of phenols is 1. The van der Waals surface area contributed by atoms with Crippen molar-refractivity contribution in [3.63, 3.8) is 0 Å². The summed E-state index contributed by atoms with van der Waals surface area (Å²) in [6.45, 7) is 0. The van der Waals surface area contributed by atoms with E-state index in [2.05, 4.69) is 9.97 Å². The van der Waals surface area contributed by atoms with E-state index in [1.54, 1.807) is 31.4 Å². The summed E-state index contributed by atoms with van der Waals surface area (Å²) < 4.78 is 15.5. The fourth-order valence-electron chi connectivity index (χ4n) is 2.88. The number of ether oxygens (including phenoxy) is 3. The van der Waals surface area contributed by atoms with Gasteiger partial charge in [0.15, 0.2) is 11.5 Å². The van der Waals surface area contributed by atoms with Crippen molar-refractivity contribution in [3.8, 4) is 17.5 Å². The highest BCUT2D eigenvalue weighted by Crippen LogP contribution is 2.27. The molecule has 1 aromatic heterocycles. The second-order valence-electron chi connectivity index (χ2n) is 6.51. The van der Waals surface area contributed by atoms with Gasteiger partial charge >= 0.3 is 6.01 Å². The van der Waals surface area contributed by atoms with Crippen LogP contribution in [0.15, 0.2) is 53.8 Å². The van der Waals surface area contributed by atoms with Gasteiger partial charge in [-0.25, -0.2) is 0 Å². The van der Waals surface area contributed by atoms with Gasteiger partial charge in [-0.15, -0.1) is 0 Å². The third-order valence-corrected chi connectivity index (χ3v) is 4.47. The van der Waals surface area contributed by atoms with E-state index in [0.29, 0.717) is 29.3 Å². The third kappa shape index (κ3) is 5.27. The van der Waals surface area contributed by atoms with Crippen LogP contribution in [-0.2, 0) is 4.74 Å². The fourth-order valence-corrected chi connectivity index (χ4v) is 2.88. The Morgan fingerprint density at radius 2 is 1.67 bits per heavy atom. The minimum atomic E-state index is -0.610. The molecular weight excluding hydrogens is 384 g/mol. The molecule has 2 N–H and O–H groups in total. The zero-order valence-corrected chi connectivity index (χ0v) is 17.1. The summed E-state index contributed by atoms with van der Waals surface area (Å²) in [7, 11) is 4.56. The molecule has 0 fully saturated rings. The highest BCUT2D eigenvalue weighted by molar-refractivity contribution is 5.70. The number of aliphatic hydroxyl groups is 1. The fraction of sp³-hybridized carbons (Fsp3) is 0.217. The van der Waals surface area contributed by atoms with Crippen molar-refractivity contribution in [2.45, 2.75) is 12.5 Å². The topological polar surface area (TPSA) is 93.9 Å². The smallest absolute Gasteiger partial charge is 0.317 e. The van der Waals surface area contributed by atoms with Crippen LogP contribution in [0.2, 0.25) is 0 Å². The van der Waals surface area contributed by atoms with Crippen LogP contribution in [0.3, 0.4) is 0 Å². The molecule has 1 unspecified atom stereocenters. The molecule has 2 aromatic rings. The Hall–Kier alpha value is -3.58. The normalized spacial score (nSPS) is 16.5. The first-order chi connectivity index (χ1) is 14.5. The van der Waals surface area contributed by atoms with Gasteiger partial charge < -0.3 is 24.4 Å². The Bertz CT molecular complexity index is 1020. The van der Waals surface area contributed by atoms with Crippen LogP contribution in [0, 0.1) is 0 Å². The van der Waals surface area contributed by atoms with Gasteiger partial charge in [0, 0.05) is 0 Å². The average Bonchev–Trinajstić information content (AvgIpc) is 2.77. The van der Waals surface area contributed by atoms with Gasteiger partial charge in [0.1, 0.15) is 11.9 Å². The molecule has 1 aliphatic carbocycles. The summed E-state index contributed by atoms with van der Waals surface area (Å²) in [5.41, 5.74) is 3.10. The first-order valence-electron chi connectivity index (χ1n) is 9.32. The predicted molar refractivity (Wildman–Crippen MR) is 115 cm³/mol. The molecule has 0 amide bonds. The molecule has 30 heavy (non-hydrogen) atoms. The third-order valence-electron chi connectivity index (χ3n) is 4.47. The zero-order valence-electron chi connectivity index (χ0n) is 17.1. The summed E-state index contributed by atoms with van der Waals surface area (Å²) in [6, 6.07) is 7.16. The number of phenolic OH excluding ortho intramolecular Hbond substituents is 1. The quantitative estimate of drug-likeness (QED) is 0.723. The molecule has 0 saturated carbocycles. The standard InChI is InChI=1S/C23H24N2O5/c1-28-21-12-15(6-10-19(21)26)4-8-17-14-18(25-23(24-17)30-3)9-5-16-7-11-20(27)22(13-16)29-2/h4-10,12-14,20,26-27H,11H2,1-3H3. The minimum absolute atomic E-state index is 0.0843. The van der Waals surface area contributed by atoms with E-state index in [-0.39, 0.29) is 11.8 Å². The molecule has 1 atom stereocenters. The summed E-state index contributed by atoms with van der Waals surface area (Å²) >= 11 is 0. The number of rotatable bonds is 7. The van der Waals surface area contributed by atoms with Crippen molar-refractivity contribution in [2.75, 3.05) is 21.3 Å². The van der Waals surface area contributed by atoms with E-state index in [1.807, 2.05) is 36.4 Å². The summed E-state index contributed by atoms with van der Waals surface area (Å²) in [6.07, 6.45) is 11.0. The van der Waals surface area contributed by atoms with Crippen molar-refractivity contribution >= 4 is 18.2 Å². The molecule has 0 radical (unpaired) electrons. The molecule has 1 aromatic carbocycles. The molecule has 0 spiro atoms. The zero-order chi connectivity index (χ0) is 21.5. The van der Waals surface area contributed by atoms with Crippen LogP contribution in [0.4, 0.5) is 0 Å². The van der Waals surface area contributed by atoms with Crippen LogP contribution < -0.4 is 9.47 Å². The summed E-state index contributed by atoms with van der Waals surface area (Å²) in [4.78, 5) is 8.69. The maximum atomic E-state index is 9.85. The van der Waals surface area contributed by atoms with Crippen molar-refractivity contribution in [2.24, 2.45) is 0 Å². The maximum absolute atomic E-state index is 9.85. The highest BCUT2D eigenvalue weighted by Gasteiger charge is 2.14. The van der Waals surface area contributed by atoms with Crippen molar-refractivity contribution < 1.29 is 24.4 Å². The average molecular weight is 408 g/mol. The largest absolute Gasteiger partial charge is 0.504 e. The van der Waals surface area contributed by atoms with Crippen LogP contribution in [0.5, 0.6) is 17.5 Å².